The molecule has 0 radical (unpaired) electrons. The standard InChI is InChI=1S/C18H19N3O4/c1-4-25-18(24)13-5-7-14(8-6-13)20-16(22)10-15(17(20)23)21-12(3)9-11(2)19-21/h5-9,15H,4,10H2,1-3H3/t15-/m1/s1. The summed E-state index contributed by atoms with van der Waals surface area (Å²) in [5, 5.41) is 4.32. The van der Waals surface area contributed by atoms with Gasteiger partial charge < -0.3 is 4.74 Å². The molecule has 1 aromatic carbocycles. The molecule has 1 atom stereocenters. The molecule has 7 heteroatoms. The van der Waals surface area contributed by atoms with Crippen molar-refractivity contribution in [1.29, 1.82) is 0 Å². The van der Waals surface area contributed by atoms with Gasteiger partial charge in [0.05, 0.1) is 30.0 Å². The third-order valence-corrected chi connectivity index (χ3v) is 4.10. The molecule has 7 nitrogen and oxygen atoms in total. The van der Waals surface area contributed by atoms with Crippen LogP contribution in [0.25, 0.3) is 0 Å². The van der Waals surface area contributed by atoms with Gasteiger partial charge >= 0.3 is 5.97 Å². The van der Waals surface area contributed by atoms with E-state index in [4.69, 9.17) is 4.74 Å². The fourth-order valence-electron chi connectivity index (χ4n) is 3.00. The van der Waals surface area contributed by atoms with Crippen LogP contribution in [0.4, 0.5) is 5.69 Å². The lowest BCUT2D eigenvalue weighted by molar-refractivity contribution is -0.122. The van der Waals surface area contributed by atoms with Crippen LogP contribution in [0.2, 0.25) is 0 Å². The van der Waals surface area contributed by atoms with Crippen molar-refractivity contribution in [1.82, 2.24) is 9.78 Å². The Balaban J connectivity index is 1.85. The van der Waals surface area contributed by atoms with Crippen LogP contribution in [0.3, 0.4) is 0 Å². The second-order valence-electron chi connectivity index (χ2n) is 5.93. The quantitative estimate of drug-likeness (QED) is 0.629. The lowest BCUT2D eigenvalue weighted by atomic mass is 10.2. The normalized spacial score (nSPS) is 17.2. The number of carbonyl (C=O) groups is 3. The number of imide groups is 1. The lowest BCUT2D eigenvalue weighted by Gasteiger charge is -2.16. The van der Waals surface area contributed by atoms with Gasteiger partial charge in [-0.25, -0.2) is 9.69 Å². The van der Waals surface area contributed by atoms with Crippen molar-refractivity contribution < 1.29 is 19.1 Å². The zero-order chi connectivity index (χ0) is 18.1. The zero-order valence-electron chi connectivity index (χ0n) is 14.4. The Bertz CT molecular complexity index is 839. The maximum Gasteiger partial charge on any atom is 0.338 e. The van der Waals surface area contributed by atoms with E-state index in [-0.39, 0.29) is 24.8 Å². The minimum atomic E-state index is -0.633. The second-order valence-corrected chi connectivity index (χ2v) is 5.93. The molecule has 130 valence electrons. The summed E-state index contributed by atoms with van der Waals surface area (Å²) in [4.78, 5) is 38.0. The number of esters is 1. The smallest absolute Gasteiger partial charge is 0.338 e. The van der Waals surface area contributed by atoms with Crippen LogP contribution in [0.15, 0.2) is 30.3 Å². The molecular formula is C18H19N3O4. The number of benzene rings is 1. The van der Waals surface area contributed by atoms with Crippen LogP contribution in [-0.4, -0.2) is 34.2 Å². The molecule has 0 spiro atoms. The minimum Gasteiger partial charge on any atom is -0.462 e. The van der Waals surface area contributed by atoms with Crippen LogP contribution < -0.4 is 4.90 Å². The number of hydrogen-bond acceptors (Lipinski definition) is 5. The van der Waals surface area contributed by atoms with Crippen molar-refractivity contribution in [2.24, 2.45) is 0 Å². The predicted octanol–water partition coefficient (Wildman–Crippen LogP) is 2.18. The molecule has 2 aromatic rings. The third kappa shape index (κ3) is 3.05. The first kappa shape index (κ1) is 16.9. The Morgan fingerprint density at radius 1 is 1.24 bits per heavy atom. The van der Waals surface area contributed by atoms with E-state index in [1.54, 1.807) is 35.9 Å². The molecule has 1 aliphatic rings. The van der Waals surface area contributed by atoms with E-state index < -0.39 is 12.0 Å². The first-order valence-electron chi connectivity index (χ1n) is 8.09. The summed E-state index contributed by atoms with van der Waals surface area (Å²) in [6, 6.07) is 7.48. The van der Waals surface area contributed by atoms with E-state index in [0.29, 0.717) is 11.3 Å². The third-order valence-electron chi connectivity index (χ3n) is 4.10. The lowest BCUT2D eigenvalue weighted by Crippen LogP contribution is -2.31. The van der Waals surface area contributed by atoms with Crippen LogP contribution in [0.5, 0.6) is 0 Å². The molecule has 3 rings (SSSR count). The average Bonchev–Trinajstić information content (AvgIpc) is 3.06. The van der Waals surface area contributed by atoms with Crippen molar-refractivity contribution >= 4 is 23.5 Å². The Morgan fingerprint density at radius 2 is 1.92 bits per heavy atom. The van der Waals surface area contributed by atoms with Gasteiger partial charge in [-0.1, -0.05) is 0 Å². The number of rotatable bonds is 4. The summed E-state index contributed by atoms with van der Waals surface area (Å²) in [6.45, 7) is 5.71. The summed E-state index contributed by atoms with van der Waals surface area (Å²) in [5.41, 5.74) is 2.45. The number of hydrogen-bond donors (Lipinski definition) is 0. The van der Waals surface area contributed by atoms with Gasteiger partial charge in [0.1, 0.15) is 6.04 Å². The van der Waals surface area contributed by atoms with Gasteiger partial charge in [-0.2, -0.15) is 5.10 Å². The molecule has 0 aliphatic carbocycles. The average molecular weight is 341 g/mol. The molecule has 1 aliphatic heterocycles. The SMILES string of the molecule is CCOC(=O)c1ccc(N2C(=O)C[C@@H](n3nc(C)cc3C)C2=O)cc1. The number of anilines is 1. The van der Waals surface area contributed by atoms with Crippen molar-refractivity contribution in [3.63, 3.8) is 0 Å². The highest BCUT2D eigenvalue weighted by Crippen LogP contribution is 2.30. The van der Waals surface area contributed by atoms with Crippen LogP contribution in [0, 0.1) is 13.8 Å². The first-order chi connectivity index (χ1) is 11.9. The summed E-state index contributed by atoms with van der Waals surface area (Å²) in [7, 11) is 0. The van der Waals surface area contributed by atoms with Crippen LogP contribution in [0.1, 0.15) is 41.1 Å². The Hall–Kier alpha value is -2.96. The topological polar surface area (TPSA) is 81.5 Å². The maximum absolute atomic E-state index is 12.8. The number of aryl methyl sites for hydroxylation is 2. The van der Waals surface area contributed by atoms with E-state index in [9.17, 15) is 14.4 Å². The Labute approximate surface area is 145 Å². The molecule has 2 heterocycles. The largest absolute Gasteiger partial charge is 0.462 e. The van der Waals surface area contributed by atoms with Crippen molar-refractivity contribution in [3.8, 4) is 0 Å². The minimum absolute atomic E-state index is 0.0699. The van der Waals surface area contributed by atoms with E-state index in [2.05, 4.69) is 5.10 Å². The molecule has 2 amide bonds. The maximum atomic E-state index is 12.8. The molecule has 25 heavy (non-hydrogen) atoms. The number of carbonyl (C=O) groups excluding carboxylic acids is 3. The number of amides is 2. The van der Waals surface area contributed by atoms with Crippen LogP contribution in [-0.2, 0) is 14.3 Å². The number of aromatic nitrogens is 2. The summed E-state index contributed by atoms with van der Waals surface area (Å²) in [5.74, 6) is -1.04. The van der Waals surface area contributed by atoms with Gasteiger partial charge in [0.2, 0.25) is 5.91 Å². The molecule has 0 saturated carbocycles. The highest BCUT2D eigenvalue weighted by atomic mass is 16.5. The van der Waals surface area contributed by atoms with E-state index in [1.165, 1.54) is 0 Å². The van der Waals surface area contributed by atoms with Crippen molar-refractivity contribution in [2.75, 3.05) is 11.5 Å². The highest BCUT2D eigenvalue weighted by molar-refractivity contribution is 6.21. The fourth-order valence-corrected chi connectivity index (χ4v) is 3.00. The second kappa shape index (κ2) is 6.51. The van der Waals surface area contributed by atoms with Crippen molar-refractivity contribution in [3.05, 3.63) is 47.3 Å². The number of nitrogens with zero attached hydrogens (tertiary/aromatic N) is 3. The van der Waals surface area contributed by atoms with Crippen LogP contribution >= 0.6 is 0 Å². The molecule has 0 bridgehead atoms. The van der Waals surface area contributed by atoms with Crippen molar-refractivity contribution in [2.45, 2.75) is 33.2 Å². The molecule has 1 aromatic heterocycles. The van der Waals surface area contributed by atoms with Gasteiger partial charge in [0, 0.05) is 5.69 Å². The highest BCUT2D eigenvalue weighted by Gasteiger charge is 2.41. The van der Waals surface area contributed by atoms with Gasteiger partial charge in [-0.05, 0) is 51.1 Å². The molecule has 1 fully saturated rings. The predicted molar refractivity (Wildman–Crippen MR) is 90.2 cm³/mol. The first-order valence-corrected chi connectivity index (χ1v) is 8.09. The monoisotopic (exact) mass is 341 g/mol. The van der Waals surface area contributed by atoms with E-state index in [1.807, 2.05) is 19.9 Å². The molecule has 0 unspecified atom stereocenters. The summed E-state index contributed by atoms with van der Waals surface area (Å²) >= 11 is 0. The Morgan fingerprint density at radius 3 is 2.48 bits per heavy atom. The fraction of sp³-hybridized carbons (Fsp3) is 0.333. The summed E-state index contributed by atoms with van der Waals surface area (Å²) in [6.07, 6.45) is 0.0699. The zero-order valence-corrected chi connectivity index (χ0v) is 14.4. The summed E-state index contributed by atoms with van der Waals surface area (Å²) < 4.78 is 6.53. The van der Waals surface area contributed by atoms with Gasteiger partial charge in [0.25, 0.3) is 5.91 Å². The van der Waals surface area contributed by atoms with Gasteiger partial charge in [-0.3, -0.25) is 14.3 Å². The number of ether oxygens (including phenoxy) is 1. The van der Waals surface area contributed by atoms with Gasteiger partial charge in [-0.15, -0.1) is 0 Å². The van der Waals surface area contributed by atoms with E-state index in [0.717, 1.165) is 16.3 Å². The Kier molecular flexibility index (Phi) is 4.39. The van der Waals surface area contributed by atoms with E-state index >= 15 is 0 Å². The molecule has 0 N–H and O–H groups in total. The molecular weight excluding hydrogens is 322 g/mol. The van der Waals surface area contributed by atoms with Gasteiger partial charge in [0.15, 0.2) is 0 Å². The molecule has 1 saturated heterocycles.